The molecule has 5 nitrogen and oxygen atoms in total. The van der Waals surface area contributed by atoms with Crippen molar-refractivity contribution in [1.82, 2.24) is 14.9 Å². The number of benzene rings is 2. The number of carbonyl (C=O) groups excluding carboxylic acids is 1. The molecular weight excluding hydrogens is 396 g/mol. The molecule has 0 unspecified atom stereocenters. The van der Waals surface area contributed by atoms with E-state index in [9.17, 15) is 4.79 Å². The second kappa shape index (κ2) is 9.11. The SMILES string of the molecule is Cc1nc(-c2ccccc2)nc(N2CCCN(C(=O)C3CC3)CC2)c1Cc1ccccc1. The standard InChI is InChI=1S/C27H30N4O/c1-20-24(19-21-9-4-2-5-10-21)26(29-25(28-20)22-11-6-3-7-12-22)30-15-8-16-31(18-17-30)27(32)23-13-14-23/h2-7,9-12,23H,8,13-19H2,1H3. The van der Waals surface area contributed by atoms with Crippen LogP contribution in [0.25, 0.3) is 11.4 Å². The van der Waals surface area contributed by atoms with Gasteiger partial charge in [0.1, 0.15) is 5.82 Å². The Labute approximate surface area is 190 Å². The van der Waals surface area contributed by atoms with E-state index in [0.29, 0.717) is 5.91 Å². The van der Waals surface area contributed by atoms with Crippen molar-refractivity contribution in [2.75, 3.05) is 31.1 Å². The Hall–Kier alpha value is -3.21. The number of carbonyl (C=O) groups is 1. The molecule has 1 saturated heterocycles. The van der Waals surface area contributed by atoms with Crippen LogP contribution in [0.15, 0.2) is 60.7 Å². The number of amides is 1. The van der Waals surface area contributed by atoms with Gasteiger partial charge in [0.05, 0.1) is 0 Å². The molecule has 32 heavy (non-hydrogen) atoms. The Morgan fingerprint density at radius 1 is 0.906 bits per heavy atom. The van der Waals surface area contributed by atoms with E-state index in [0.717, 1.165) is 74.8 Å². The molecule has 2 fully saturated rings. The van der Waals surface area contributed by atoms with Gasteiger partial charge in [-0.05, 0) is 31.7 Å². The number of nitrogens with zero attached hydrogens (tertiary/aromatic N) is 4. The van der Waals surface area contributed by atoms with Gasteiger partial charge in [-0.15, -0.1) is 0 Å². The van der Waals surface area contributed by atoms with E-state index in [4.69, 9.17) is 9.97 Å². The summed E-state index contributed by atoms with van der Waals surface area (Å²) < 4.78 is 0. The number of hydrogen-bond acceptors (Lipinski definition) is 4. The Morgan fingerprint density at radius 3 is 2.34 bits per heavy atom. The van der Waals surface area contributed by atoms with Gasteiger partial charge >= 0.3 is 0 Å². The Morgan fingerprint density at radius 2 is 1.62 bits per heavy atom. The molecule has 1 amide bonds. The highest BCUT2D eigenvalue weighted by Gasteiger charge is 2.34. The first-order valence-corrected chi connectivity index (χ1v) is 11.7. The highest BCUT2D eigenvalue weighted by atomic mass is 16.2. The monoisotopic (exact) mass is 426 g/mol. The summed E-state index contributed by atoms with van der Waals surface area (Å²) in [6, 6.07) is 20.7. The lowest BCUT2D eigenvalue weighted by molar-refractivity contribution is -0.132. The molecule has 2 aromatic carbocycles. The fourth-order valence-electron chi connectivity index (χ4n) is 4.50. The van der Waals surface area contributed by atoms with E-state index in [1.807, 2.05) is 24.3 Å². The third-order valence-corrected chi connectivity index (χ3v) is 6.48. The zero-order valence-corrected chi connectivity index (χ0v) is 18.7. The zero-order chi connectivity index (χ0) is 21.9. The average molecular weight is 427 g/mol. The molecule has 0 bridgehead atoms. The summed E-state index contributed by atoms with van der Waals surface area (Å²) in [4.78, 5) is 27.1. The van der Waals surface area contributed by atoms with E-state index in [1.54, 1.807) is 0 Å². The third-order valence-electron chi connectivity index (χ3n) is 6.48. The number of hydrogen-bond donors (Lipinski definition) is 0. The minimum Gasteiger partial charge on any atom is -0.354 e. The molecule has 0 spiro atoms. The third kappa shape index (κ3) is 4.52. The van der Waals surface area contributed by atoms with Gasteiger partial charge in [-0.2, -0.15) is 0 Å². The Kier molecular flexibility index (Phi) is 5.89. The normalized spacial score (nSPS) is 16.7. The predicted molar refractivity (Wildman–Crippen MR) is 128 cm³/mol. The second-order valence-corrected chi connectivity index (χ2v) is 8.90. The minimum atomic E-state index is 0.279. The molecule has 2 aliphatic rings. The summed E-state index contributed by atoms with van der Waals surface area (Å²) in [5, 5.41) is 0. The summed E-state index contributed by atoms with van der Waals surface area (Å²) in [6.07, 6.45) is 3.89. The van der Waals surface area contributed by atoms with Crippen molar-refractivity contribution in [2.45, 2.75) is 32.6 Å². The van der Waals surface area contributed by atoms with Gasteiger partial charge in [-0.3, -0.25) is 4.79 Å². The van der Waals surface area contributed by atoms with Crippen molar-refractivity contribution in [3.05, 3.63) is 77.5 Å². The van der Waals surface area contributed by atoms with Gasteiger partial charge in [0.25, 0.3) is 0 Å². The Bertz CT molecular complexity index is 1080. The second-order valence-electron chi connectivity index (χ2n) is 8.90. The fourth-order valence-corrected chi connectivity index (χ4v) is 4.50. The maximum atomic E-state index is 12.6. The minimum absolute atomic E-state index is 0.279. The van der Waals surface area contributed by atoms with Crippen LogP contribution in [0.5, 0.6) is 0 Å². The van der Waals surface area contributed by atoms with Gasteiger partial charge in [-0.1, -0.05) is 60.7 Å². The largest absolute Gasteiger partial charge is 0.354 e. The summed E-state index contributed by atoms with van der Waals surface area (Å²) in [7, 11) is 0. The van der Waals surface area contributed by atoms with Crippen LogP contribution in [-0.2, 0) is 11.2 Å². The van der Waals surface area contributed by atoms with E-state index in [1.165, 1.54) is 11.1 Å². The van der Waals surface area contributed by atoms with Crippen molar-refractivity contribution >= 4 is 11.7 Å². The topological polar surface area (TPSA) is 49.3 Å². The van der Waals surface area contributed by atoms with Crippen molar-refractivity contribution in [2.24, 2.45) is 5.92 Å². The molecule has 5 rings (SSSR count). The maximum Gasteiger partial charge on any atom is 0.225 e. The number of aryl methyl sites for hydroxylation is 1. The summed E-state index contributed by atoms with van der Waals surface area (Å²) >= 11 is 0. The van der Waals surface area contributed by atoms with Gasteiger partial charge in [0.15, 0.2) is 5.82 Å². The molecule has 1 aromatic heterocycles. The van der Waals surface area contributed by atoms with Crippen molar-refractivity contribution in [3.8, 4) is 11.4 Å². The lowest BCUT2D eigenvalue weighted by atomic mass is 10.0. The summed E-state index contributed by atoms with van der Waals surface area (Å²) in [5.41, 5.74) is 4.49. The van der Waals surface area contributed by atoms with Crippen molar-refractivity contribution in [1.29, 1.82) is 0 Å². The molecule has 0 N–H and O–H groups in total. The molecule has 1 saturated carbocycles. The first kappa shape index (κ1) is 20.7. The smallest absolute Gasteiger partial charge is 0.225 e. The molecule has 1 aliphatic heterocycles. The molecule has 5 heteroatoms. The average Bonchev–Trinajstić information content (AvgIpc) is 3.68. The van der Waals surface area contributed by atoms with Crippen molar-refractivity contribution < 1.29 is 4.79 Å². The van der Waals surface area contributed by atoms with Crippen LogP contribution in [-0.4, -0.2) is 47.0 Å². The molecule has 2 heterocycles. The Balaban J connectivity index is 1.49. The maximum absolute atomic E-state index is 12.6. The van der Waals surface area contributed by atoms with Crippen molar-refractivity contribution in [3.63, 3.8) is 0 Å². The lowest BCUT2D eigenvalue weighted by Crippen LogP contribution is -2.36. The molecule has 164 valence electrons. The molecule has 1 aliphatic carbocycles. The van der Waals surface area contributed by atoms with Crippen LogP contribution in [0.4, 0.5) is 5.82 Å². The number of anilines is 1. The highest BCUT2D eigenvalue weighted by Crippen LogP contribution is 2.32. The lowest BCUT2D eigenvalue weighted by Gasteiger charge is -2.26. The van der Waals surface area contributed by atoms with Crippen LogP contribution in [0.1, 0.15) is 36.1 Å². The van der Waals surface area contributed by atoms with Crippen LogP contribution in [0.2, 0.25) is 0 Å². The molecule has 0 atom stereocenters. The fraction of sp³-hybridized carbons (Fsp3) is 0.370. The highest BCUT2D eigenvalue weighted by molar-refractivity contribution is 5.81. The quantitative estimate of drug-likeness (QED) is 0.603. The first-order valence-electron chi connectivity index (χ1n) is 11.7. The van der Waals surface area contributed by atoms with Gasteiger partial charge < -0.3 is 9.80 Å². The van der Waals surface area contributed by atoms with E-state index in [-0.39, 0.29) is 5.92 Å². The summed E-state index contributed by atoms with van der Waals surface area (Å²) in [5.74, 6) is 2.41. The van der Waals surface area contributed by atoms with Crippen LogP contribution in [0.3, 0.4) is 0 Å². The van der Waals surface area contributed by atoms with Crippen LogP contribution >= 0.6 is 0 Å². The van der Waals surface area contributed by atoms with Crippen LogP contribution in [0, 0.1) is 12.8 Å². The van der Waals surface area contributed by atoms with E-state index >= 15 is 0 Å². The van der Waals surface area contributed by atoms with Gasteiger partial charge in [0, 0.05) is 55.3 Å². The van der Waals surface area contributed by atoms with Gasteiger partial charge in [0.2, 0.25) is 5.91 Å². The number of aromatic nitrogens is 2. The molecule has 0 radical (unpaired) electrons. The van der Waals surface area contributed by atoms with Crippen LogP contribution < -0.4 is 4.90 Å². The molecular formula is C27H30N4O. The zero-order valence-electron chi connectivity index (χ0n) is 18.7. The molecule has 3 aromatic rings. The van der Waals surface area contributed by atoms with E-state index in [2.05, 4.69) is 53.1 Å². The first-order chi connectivity index (χ1) is 15.7. The van der Waals surface area contributed by atoms with E-state index < -0.39 is 0 Å². The number of rotatable bonds is 5. The predicted octanol–water partition coefficient (Wildman–Crippen LogP) is 4.49. The van der Waals surface area contributed by atoms with Gasteiger partial charge in [-0.25, -0.2) is 9.97 Å². The summed E-state index contributed by atoms with van der Waals surface area (Å²) in [6.45, 7) is 5.42.